The van der Waals surface area contributed by atoms with Gasteiger partial charge < -0.3 is 16.5 Å². The Morgan fingerprint density at radius 3 is 2.40 bits per heavy atom. The lowest BCUT2D eigenvalue weighted by atomic mass is 10.1. The highest BCUT2D eigenvalue weighted by atomic mass is 16.1. The zero-order valence-corrected chi connectivity index (χ0v) is 7.78. The van der Waals surface area contributed by atoms with E-state index in [1.165, 1.54) is 0 Å². The van der Waals surface area contributed by atoms with Crippen molar-refractivity contribution in [1.29, 1.82) is 0 Å². The number of amides is 2. The molecule has 0 spiro atoms. The summed E-state index contributed by atoms with van der Waals surface area (Å²) in [4.78, 5) is 24.6. The number of primary amides is 2. The predicted molar refractivity (Wildman–Crippen MR) is 55.3 cm³/mol. The van der Waals surface area contributed by atoms with Crippen molar-refractivity contribution >= 4 is 22.7 Å². The molecule has 0 saturated carbocycles. The highest BCUT2D eigenvalue weighted by Crippen LogP contribution is 2.16. The Hall–Kier alpha value is -2.30. The maximum atomic E-state index is 10.9. The molecule has 1 aromatic carbocycles. The number of aromatic amines is 1. The zero-order chi connectivity index (χ0) is 11.0. The second kappa shape index (κ2) is 3.13. The average Bonchev–Trinajstić information content (AvgIpc) is 2.59. The zero-order valence-electron chi connectivity index (χ0n) is 7.78. The van der Waals surface area contributed by atoms with Crippen LogP contribution in [-0.4, -0.2) is 16.8 Å². The maximum absolute atomic E-state index is 10.9. The molecule has 0 unspecified atom stereocenters. The lowest BCUT2D eigenvalue weighted by molar-refractivity contribution is 0.0990. The number of hydrogen-bond donors (Lipinski definition) is 3. The van der Waals surface area contributed by atoms with Crippen LogP contribution in [-0.2, 0) is 0 Å². The van der Waals surface area contributed by atoms with Gasteiger partial charge in [-0.05, 0) is 18.2 Å². The van der Waals surface area contributed by atoms with Gasteiger partial charge in [0, 0.05) is 16.5 Å². The van der Waals surface area contributed by atoms with Crippen LogP contribution in [0.25, 0.3) is 10.9 Å². The lowest BCUT2D eigenvalue weighted by Gasteiger charge is -1.94. The lowest BCUT2D eigenvalue weighted by Crippen LogP contribution is -2.11. The Bertz CT molecular complexity index is 545. The Balaban J connectivity index is 2.62. The van der Waals surface area contributed by atoms with Crippen molar-refractivity contribution in [3.8, 4) is 0 Å². The Morgan fingerprint density at radius 1 is 1.07 bits per heavy atom. The molecule has 0 saturated heterocycles. The SMILES string of the molecule is NC(=O)c1ccc2cc(C(N)=O)[nH]c2c1. The number of fused-ring (bicyclic) bond motifs is 1. The molecule has 1 aromatic heterocycles. The molecule has 0 bridgehead atoms. The standard InChI is InChI=1S/C10H9N3O2/c11-9(14)6-2-1-5-3-8(10(12)15)13-7(5)4-6/h1-4,13H,(H2,11,14)(H2,12,15). The van der Waals surface area contributed by atoms with E-state index in [1.807, 2.05) is 0 Å². The Kier molecular flexibility index (Phi) is 1.93. The van der Waals surface area contributed by atoms with Crippen molar-refractivity contribution in [2.24, 2.45) is 11.5 Å². The average molecular weight is 203 g/mol. The van der Waals surface area contributed by atoms with Gasteiger partial charge >= 0.3 is 0 Å². The highest BCUT2D eigenvalue weighted by molar-refractivity contribution is 6.00. The molecule has 0 aliphatic carbocycles. The van der Waals surface area contributed by atoms with Crippen molar-refractivity contribution < 1.29 is 9.59 Å². The number of benzene rings is 1. The quantitative estimate of drug-likeness (QED) is 0.656. The Morgan fingerprint density at radius 2 is 1.80 bits per heavy atom. The van der Waals surface area contributed by atoms with E-state index in [2.05, 4.69) is 4.98 Å². The van der Waals surface area contributed by atoms with E-state index in [9.17, 15) is 9.59 Å². The molecule has 0 aliphatic heterocycles. The summed E-state index contributed by atoms with van der Waals surface area (Å²) in [6, 6.07) is 6.52. The van der Waals surface area contributed by atoms with Gasteiger partial charge in [0.1, 0.15) is 5.69 Å². The summed E-state index contributed by atoms with van der Waals surface area (Å²) in [5.41, 5.74) is 11.6. The van der Waals surface area contributed by atoms with E-state index in [1.54, 1.807) is 24.3 Å². The van der Waals surface area contributed by atoms with E-state index in [0.717, 1.165) is 5.39 Å². The predicted octanol–water partition coefficient (Wildman–Crippen LogP) is 0.366. The summed E-state index contributed by atoms with van der Waals surface area (Å²) in [7, 11) is 0. The summed E-state index contributed by atoms with van der Waals surface area (Å²) >= 11 is 0. The van der Waals surface area contributed by atoms with Gasteiger partial charge in [0.05, 0.1) is 0 Å². The van der Waals surface area contributed by atoms with Crippen molar-refractivity contribution in [2.75, 3.05) is 0 Å². The van der Waals surface area contributed by atoms with Gasteiger partial charge in [-0.3, -0.25) is 9.59 Å². The summed E-state index contributed by atoms with van der Waals surface area (Å²) in [5, 5.41) is 0.814. The molecule has 0 aliphatic rings. The second-order valence-electron chi connectivity index (χ2n) is 3.21. The largest absolute Gasteiger partial charge is 0.366 e. The molecule has 0 atom stereocenters. The number of carbonyl (C=O) groups is 2. The number of aromatic nitrogens is 1. The maximum Gasteiger partial charge on any atom is 0.265 e. The normalized spacial score (nSPS) is 10.4. The van der Waals surface area contributed by atoms with Gasteiger partial charge in [-0.1, -0.05) is 6.07 Å². The third-order valence-electron chi connectivity index (χ3n) is 2.17. The number of carbonyl (C=O) groups excluding carboxylic acids is 2. The number of nitrogens with one attached hydrogen (secondary N) is 1. The van der Waals surface area contributed by atoms with E-state index in [0.29, 0.717) is 16.8 Å². The summed E-state index contributed by atoms with van der Waals surface area (Å²) in [5.74, 6) is -1.04. The molecular formula is C10H9N3O2. The van der Waals surface area contributed by atoms with Crippen LogP contribution in [0.4, 0.5) is 0 Å². The first kappa shape index (κ1) is 9.26. The van der Waals surface area contributed by atoms with E-state index >= 15 is 0 Å². The van der Waals surface area contributed by atoms with E-state index in [-0.39, 0.29) is 0 Å². The second-order valence-corrected chi connectivity index (χ2v) is 3.21. The first-order valence-electron chi connectivity index (χ1n) is 4.30. The fourth-order valence-electron chi connectivity index (χ4n) is 1.41. The molecule has 1 heterocycles. The van der Waals surface area contributed by atoms with Gasteiger partial charge in [0.2, 0.25) is 5.91 Å². The molecule has 5 heteroatoms. The summed E-state index contributed by atoms with van der Waals surface area (Å²) in [6.45, 7) is 0. The third-order valence-corrected chi connectivity index (χ3v) is 2.17. The molecule has 0 fully saturated rings. The third kappa shape index (κ3) is 1.54. The summed E-state index contributed by atoms with van der Waals surface area (Å²) in [6.07, 6.45) is 0. The van der Waals surface area contributed by atoms with Gasteiger partial charge in [-0.2, -0.15) is 0 Å². The minimum absolute atomic E-state index is 0.312. The Labute approximate surface area is 85.1 Å². The minimum Gasteiger partial charge on any atom is -0.366 e. The van der Waals surface area contributed by atoms with Gasteiger partial charge in [-0.25, -0.2) is 0 Å². The van der Waals surface area contributed by atoms with Crippen LogP contribution in [0.15, 0.2) is 24.3 Å². The molecule has 76 valence electrons. The van der Waals surface area contributed by atoms with Crippen LogP contribution in [0, 0.1) is 0 Å². The van der Waals surface area contributed by atoms with Crippen LogP contribution in [0.3, 0.4) is 0 Å². The van der Waals surface area contributed by atoms with Gasteiger partial charge in [-0.15, -0.1) is 0 Å². The molecule has 0 radical (unpaired) electrons. The monoisotopic (exact) mass is 203 g/mol. The van der Waals surface area contributed by atoms with Crippen LogP contribution in [0.5, 0.6) is 0 Å². The van der Waals surface area contributed by atoms with E-state index in [4.69, 9.17) is 11.5 Å². The van der Waals surface area contributed by atoms with E-state index < -0.39 is 11.8 Å². The summed E-state index contributed by atoms with van der Waals surface area (Å²) < 4.78 is 0. The molecular weight excluding hydrogens is 194 g/mol. The fraction of sp³-hybridized carbons (Fsp3) is 0. The molecule has 2 rings (SSSR count). The van der Waals surface area contributed by atoms with Crippen LogP contribution >= 0.6 is 0 Å². The van der Waals surface area contributed by atoms with Crippen LogP contribution in [0.1, 0.15) is 20.8 Å². The van der Waals surface area contributed by atoms with Crippen molar-refractivity contribution in [2.45, 2.75) is 0 Å². The first-order chi connectivity index (χ1) is 7.08. The molecule has 5 nitrogen and oxygen atoms in total. The molecule has 5 N–H and O–H groups in total. The van der Waals surface area contributed by atoms with Gasteiger partial charge in [0.15, 0.2) is 0 Å². The highest BCUT2D eigenvalue weighted by Gasteiger charge is 2.07. The van der Waals surface area contributed by atoms with Gasteiger partial charge in [0.25, 0.3) is 5.91 Å². The van der Waals surface area contributed by atoms with Crippen molar-refractivity contribution in [3.63, 3.8) is 0 Å². The van der Waals surface area contributed by atoms with Crippen LogP contribution in [0.2, 0.25) is 0 Å². The number of nitrogens with two attached hydrogens (primary N) is 2. The van der Waals surface area contributed by atoms with Crippen molar-refractivity contribution in [1.82, 2.24) is 4.98 Å². The minimum atomic E-state index is -0.535. The molecule has 15 heavy (non-hydrogen) atoms. The number of H-pyrrole nitrogens is 1. The topological polar surface area (TPSA) is 102 Å². The smallest absolute Gasteiger partial charge is 0.265 e. The fourth-order valence-corrected chi connectivity index (χ4v) is 1.41. The molecule has 2 amide bonds. The first-order valence-corrected chi connectivity index (χ1v) is 4.30. The molecule has 2 aromatic rings. The van der Waals surface area contributed by atoms with Crippen molar-refractivity contribution in [3.05, 3.63) is 35.5 Å². The number of hydrogen-bond acceptors (Lipinski definition) is 2. The van der Waals surface area contributed by atoms with Crippen LogP contribution < -0.4 is 11.5 Å². The number of rotatable bonds is 2.